The van der Waals surface area contributed by atoms with Gasteiger partial charge in [0.2, 0.25) is 5.82 Å². The molecular formula is C12H15ClFN3O4. The highest BCUT2D eigenvalue weighted by Crippen LogP contribution is 2.20. The van der Waals surface area contributed by atoms with Gasteiger partial charge in [0.25, 0.3) is 0 Å². The number of nitrogens with one attached hydrogen (secondary N) is 1. The van der Waals surface area contributed by atoms with E-state index in [4.69, 9.17) is 4.74 Å². The predicted molar refractivity (Wildman–Crippen MR) is 74.9 cm³/mol. The fourth-order valence-electron chi connectivity index (χ4n) is 1.90. The largest absolute Gasteiger partial charge is 0.444 e. The molecule has 1 aromatic rings. The first kappa shape index (κ1) is 17.1. The summed E-state index contributed by atoms with van der Waals surface area (Å²) in [6.07, 6.45) is -0.544. The Morgan fingerprint density at radius 3 is 2.71 bits per heavy atom. The fourth-order valence-corrected chi connectivity index (χ4v) is 1.90. The highest BCUT2D eigenvalue weighted by Gasteiger charge is 2.20. The molecule has 1 aromatic carbocycles. The predicted octanol–water partition coefficient (Wildman–Crippen LogP) is 1.70. The quantitative estimate of drug-likeness (QED) is 0.677. The lowest BCUT2D eigenvalue weighted by molar-refractivity contribution is -0.387. The number of hydrogen-bond acceptors (Lipinski definition) is 5. The van der Waals surface area contributed by atoms with Crippen molar-refractivity contribution in [3.05, 3.63) is 39.7 Å². The normalized spacial score (nSPS) is 14.2. The van der Waals surface area contributed by atoms with E-state index in [0.717, 1.165) is 6.07 Å². The number of nitrogens with zero attached hydrogens (tertiary/aromatic N) is 2. The van der Waals surface area contributed by atoms with Crippen LogP contribution in [0.5, 0.6) is 0 Å². The summed E-state index contributed by atoms with van der Waals surface area (Å²) >= 11 is 0. The van der Waals surface area contributed by atoms with Crippen LogP contribution in [-0.4, -0.2) is 42.1 Å². The van der Waals surface area contributed by atoms with Crippen LogP contribution in [0.1, 0.15) is 5.56 Å². The van der Waals surface area contributed by atoms with Crippen molar-refractivity contribution in [1.29, 1.82) is 0 Å². The van der Waals surface area contributed by atoms with Gasteiger partial charge in [0.1, 0.15) is 6.61 Å². The van der Waals surface area contributed by atoms with Gasteiger partial charge in [-0.05, 0) is 0 Å². The van der Waals surface area contributed by atoms with E-state index in [0.29, 0.717) is 26.2 Å². The lowest BCUT2D eigenvalue weighted by Gasteiger charge is -2.26. The zero-order valence-corrected chi connectivity index (χ0v) is 11.9. The fraction of sp³-hybridized carbons (Fsp3) is 0.417. The topological polar surface area (TPSA) is 84.7 Å². The third-order valence-electron chi connectivity index (χ3n) is 2.98. The van der Waals surface area contributed by atoms with Gasteiger partial charge in [-0.15, -0.1) is 12.4 Å². The molecule has 0 saturated carbocycles. The van der Waals surface area contributed by atoms with E-state index < -0.39 is 22.5 Å². The smallest absolute Gasteiger partial charge is 0.410 e. The molecular weight excluding hydrogens is 305 g/mol. The van der Waals surface area contributed by atoms with Crippen LogP contribution in [-0.2, 0) is 11.3 Å². The van der Waals surface area contributed by atoms with Crippen molar-refractivity contribution in [2.24, 2.45) is 0 Å². The standard InChI is InChI=1S/C12H14FN3O4.ClH/c13-11-9(2-1-3-10(11)16(18)19)8-20-12(17)15-6-4-14-5-7-15;/h1-3,14H,4-8H2;1H. The molecule has 116 valence electrons. The van der Waals surface area contributed by atoms with Gasteiger partial charge in [0.05, 0.1) is 4.92 Å². The number of carbonyl (C=O) groups is 1. The average Bonchev–Trinajstić information content (AvgIpc) is 2.46. The molecule has 7 nitrogen and oxygen atoms in total. The Hall–Kier alpha value is -1.93. The summed E-state index contributed by atoms with van der Waals surface area (Å²) < 4.78 is 18.7. The minimum Gasteiger partial charge on any atom is -0.444 e. The molecule has 0 atom stereocenters. The number of nitro benzene ring substituents is 1. The number of carbonyl (C=O) groups excluding carboxylic acids is 1. The van der Waals surface area contributed by atoms with E-state index in [-0.39, 0.29) is 24.6 Å². The molecule has 1 aliphatic heterocycles. The number of piperazine rings is 1. The van der Waals surface area contributed by atoms with Crippen LogP contribution in [0.2, 0.25) is 0 Å². The molecule has 1 aliphatic rings. The van der Waals surface area contributed by atoms with Crippen LogP contribution in [0.3, 0.4) is 0 Å². The van der Waals surface area contributed by atoms with E-state index in [1.54, 1.807) is 0 Å². The van der Waals surface area contributed by atoms with Crippen molar-refractivity contribution in [2.45, 2.75) is 6.61 Å². The van der Waals surface area contributed by atoms with Crippen LogP contribution in [0.4, 0.5) is 14.9 Å². The Bertz CT molecular complexity index is 523. The van der Waals surface area contributed by atoms with Crippen LogP contribution < -0.4 is 5.32 Å². The van der Waals surface area contributed by atoms with E-state index in [1.165, 1.54) is 17.0 Å². The molecule has 1 N–H and O–H groups in total. The molecule has 1 amide bonds. The molecule has 0 aliphatic carbocycles. The summed E-state index contributed by atoms with van der Waals surface area (Å²) in [5.41, 5.74) is -0.636. The van der Waals surface area contributed by atoms with Gasteiger partial charge >= 0.3 is 11.8 Å². The van der Waals surface area contributed by atoms with Gasteiger partial charge in [-0.3, -0.25) is 10.1 Å². The van der Waals surface area contributed by atoms with Crippen molar-refractivity contribution < 1.29 is 18.8 Å². The molecule has 1 saturated heterocycles. The Morgan fingerprint density at radius 1 is 1.43 bits per heavy atom. The van der Waals surface area contributed by atoms with E-state index in [1.807, 2.05) is 0 Å². The number of benzene rings is 1. The number of nitro groups is 1. The van der Waals surface area contributed by atoms with Gasteiger partial charge in [-0.25, -0.2) is 4.79 Å². The maximum absolute atomic E-state index is 13.8. The monoisotopic (exact) mass is 319 g/mol. The van der Waals surface area contributed by atoms with Crippen molar-refractivity contribution in [1.82, 2.24) is 10.2 Å². The number of halogens is 2. The highest BCUT2D eigenvalue weighted by atomic mass is 35.5. The SMILES string of the molecule is Cl.O=C(OCc1cccc([N+](=O)[O-])c1F)N1CCNCC1. The molecule has 0 radical (unpaired) electrons. The first-order chi connectivity index (χ1) is 9.59. The summed E-state index contributed by atoms with van der Waals surface area (Å²) in [5.74, 6) is -0.967. The van der Waals surface area contributed by atoms with Crippen molar-refractivity contribution in [3.8, 4) is 0 Å². The Balaban J connectivity index is 0.00000220. The third-order valence-corrected chi connectivity index (χ3v) is 2.98. The van der Waals surface area contributed by atoms with Crippen molar-refractivity contribution in [2.75, 3.05) is 26.2 Å². The van der Waals surface area contributed by atoms with E-state index in [2.05, 4.69) is 5.32 Å². The zero-order valence-electron chi connectivity index (χ0n) is 11.1. The number of rotatable bonds is 3. The summed E-state index contributed by atoms with van der Waals surface area (Å²) in [4.78, 5) is 23.0. The second-order valence-electron chi connectivity index (χ2n) is 4.30. The molecule has 21 heavy (non-hydrogen) atoms. The molecule has 2 rings (SSSR count). The molecule has 1 fully saturated rings. The second kappa shape index (κ2) is 7.75. The molecule has 0 spiro atoms. The van der Waals surface area contributed by atoms with Crippen molar-refractivity contribution in [3.63, 3.8) is 0 Å². The molecule has 9 heteroatoms. The van der Waals surface area contributed by atoms with Crippen LogP contribution in [0.15, 0.2) is 18.2 Å². The minimum atomic E-state index is -0.967. The van der Waals surface area contributed by atoms with Gasteiger partial charge in [0.15, 0.2) is 0 Å². The number of ether oxygens (including phenoxy) is 1. The summed E-state index contributed by atoms with van der Waals surface area (Å²) in [7, 11) is 0. The summed E-state index contributed by atoms with van der Waals surface area (Å²) in [5, 5.41) is 13.7. The van der Waals surface area contributed by atoms with Crippen LogP contribution in [0, 0.1) is 15.9 Å². The van der Waals surface area contributed by atoms with Crippen LogP contribution >= 0.6 is 12.4 Å². The van der Waals surface area contributed by atoms with Gasteiger partial charge in [-0.1, -0.05) is 12.1 Å². The lowest BCUT2D eigenvalue weighted by Crippen LogP contribution is -2.46. The molecule has 0 aromatic heterocycles. The average molecular weight is 320 g/mol. The maximum atomic E-state index is 13.8. The third kappa shape index (κ3) is 4.27. The second-order valence-corrected chi connectivity index (χ2v) is 4.30. The number of amides is 1. The van der Waals surface area contributed by atoms with Gasteiger partial charge < -0.3 is 15.0 Å². The van der Waals surface area contributed by atoms with Crippen molar-refractivity contribution >= 4 is 24.2 Å². The minimum absolute atomic E-state index is 0. The van der Waals surface area contributed by atoms with Gasteiger partial charge in [-0.2, -0.15) is 4.39 Å². The first-order valence-corrected chi connectivity index (χ1v) is 6.14. The van der Waals surface area contributed by atoms with Gasteiger partial charge in [0, 0.05) is 37.8 Å². The van der Waals surface area contributed by atoms with Crippen LogP contribution in [0.25, 0.3) is 0 Å². The highest BCUT2D eigenvalue weighted by molar-refractivity contribution is 5.85. The first-order valence-electron chi connectivity index (χ1n) is 6.14. The Kier molecular flexibility index (Phi) is 6.32. The summed E-state index contributed by atoms with van der Waals surface area (Å²) in [6, 6.07) is 3.78. The maximum Gasteiger partial charge on any atom is 0.410 e. The molecule has 1 heterocycles. The number of hydrogen-bond donors (Lipinski definition) is 1. The Labute approximate surface area is 126 Å². The Morgan fingerprint density at radius 2 is 2.10 bits per heavy atom. The lowest BCUT2D eigenvalue weighted by atomic mass is 10.2. The molecule has 0 bridgehead atoms. The summed E-state index contributed by atoms with van der Waals surface area (Å²) in [6.45, 7) is 2.09. The van der Waals surface area contributed by atoms with E-state index >= 15 is 0 Å². The molecule has 0 unspecified atom stereocenters. The zero-order chi connectivity index (χ0) is 14.5. The van der Waals surface area contributed by atoms with E-state index in [9.17, 15) is 19.3 Å².